The van der Waals surface area contributed by atoms with Crippen LogP contribution in [0.15, 0.2) is 29.2 Å². The Bertz CT molecular complexity index is 430. The van der Waals surface area contributed by atoms with Crippen molar-refractivity contribution in [2.75, 3.05) is 12.9 Å². The minimum Gasteiger partial charge on any atom is -0.388 e. The van der Waals surface area contributed by atoms with Gasteiger partial charge in [0, 0.05) is 11.8 Å². The summed E-state index contributed by atoms with van der Waals surface area (Å²) in [5, 5.41) is 8.55. The average molecular weight is 214 g/mol. The highest BCUT2D eigenvalue weighted by Crippen LogP contribution is 2.10. The number of ketones is 1. The van der Waals surface area contributed by atoms with Crippen LogP contribution in [0.4, 0.5) is 0 Å². The molecule has 0 aliphatic heterocycles. The van der Waals surface area contributed by atoms with Crippen LogP contribution in [0.3, 0.4) is 0 Å². The fourth-order valence-corrected chi connectivity index (χ4v) is 1.61. The van der Waals surface area contributed by atoms with Gasteiger partial charge in [-0.05, 0) is 12.1 Å². The smallest absolute Gasteiger partial charge is 0.188 e. The normalized spacial score (nSPS) is 11.3. The molecular weight excluding hydrogens is 204 g/mol. The van der Waals surface area contributed by atoms with Crippen LogP contribution in [0.5, 0.6) is 0 Å². The van der Waals surface area contributed by atoms with Crippen LogP contribution >= 0.6 is 0 Å². The second kappa shape index (κ2) is 3.89. The molecule has 0 fully saturated rings. The zero-order valence-corrected chi connectivity index (χ0v) is 8.41. The second-order valence-corrected chi connectivity index (χ2v) is 4.89. The summed E-state index contributed by atoms with van der Waals surface area (Å²) in [5.74, 6) is -0.426. The maximum Gasteiger partial charge on any atom is 0.188 e. The van der Waals surface area contributed by atoms with Gasteiger partial charge in [0.15, 0.2) is 15.6 Å². The Hall–Kier alpha value is -1.20. The molecule has 1 aromatic carbocycles. The molecule has 0 bridgehead atoms. The summed E-state index contributed by atoms with van der Waals surface area (Å²) in [6.07, 6.45) is 1.09. The van der Waals surface area contributed by atoms with Gasteiger partial charge in [0.1, 0.15) is 6.61 Å². The van der Waals surface area contributed by atoms with E-state index in [9.17, 15) is 13.2 Å². The first-order valence-corrected chi connectivity index (χ1v) is 5.78. The Morgan fingerprint density at radius 2 is 1.79 bits per heavy atom. The van der Waals surface area contributed by atoms with Crippen molar-refractivity contribution < 1.29 is 18.3 Å². The molecule has 0 saturated heterocycles. The van der Waals surface area contributed by atoms with E-state index in [2.05, 4.69) is 0 Å². The number of hydrogen-bond acceptors (Lipinski definition) is 4. The largest absolute Gasteiger partial charge is 0.388 e. The standard InChI is InChI=1S/C9H10O4S/c1-14(12,13)8-4-2-7(3-5-8)9(11)6-10/h2-5,10H,6H2,1H3. The van der Waals surface area contributed by atoms with Crippen molar-refractivity contribution >= 4 is 15.6 Å². The first-order valence-electron chi connectivity index (χ1n) is 3.89. The summed E-state index contributed by atoms with van der Waals surface area (Å²) in [6.45, 7) is -0.571. The molecule has 0 saturated carbocycles. The van der Waals surface area contributed by atoms with Crippen LogP contribution in [-0.2, 0) is 9.84 Å². The fourth-order valence-electron chi connectivity index (χ4n) is 0.979. The van der Waals surface area contributed by atoms with Crippen molar-refractivity contribution in [2.45, 2.75) is 4.90 Å². The molecule has 0 radical (unpaired) electrons. The summed E-state index contributed by atoms with van der Waals surface area (Å²) in [6, 6.07) is 5.46. The predicted octanol–water partition coefficient (Wildman–Crippen LogP) is 0.265. The SMILES string of the molecule is CS(=O)(=O)c1ccc(C(=O)CO)cc1. The van der Waals surface area contributed by atoms with Crippen LogP contribution in [-0.4, -0.2) is 32.2 Å². The van der Waals surface area contributed by atoms with E-state index in [-0.39, 0.29) is 4.90 Å². The number of aliphatic hydroxyl groups is 1. The van der Waals surface area contributed by atoms with Gasteiger partial charge in [-0.15, -0.1) is 0 Å². The van der Waals surface area contributed by atoms with E-state index in [0.717, 1.165) is 6.26 Å². The van der Waals surface area contributed by atoms with E-state index >= 15 is 0 Å². The minimum absolute atomic E-state index is 0.159. The number of Topliss-reactive ketones (excluding diaryl/α,β-unsaturated/α-hetero) is 1. The lowest BCUT2D eigenvalue weighted by Gasteiger charge is -1.99. The molecule has 0 aliphatic carbocycles. The Morgan fingerprint density at radius 1 is 1.29 bits per heavy atom. The van der Waals surface area contributed by atoms with Gasteiger partial charge in [-0.1, -0.05) is 12.1 Å². The Morgan fingerprint density at radius 3 is 2.14 bits per heavy atom. The maximum atomic E-state index is 11.0. The quantitative estimate of drug-likeness (QED) is 0.733. The highest BCUT2D eigenvalue weighted by Gasteiger charge is 2.08. The zero-order valence-electron chi connectivity index (χ0n) is 7.60. The maximum absolute atomic E-state index is 11.0. The van der Waals surface area contributed by atoms with Crippen LogP contribution in [0.1, 0.15) is 10.4 Å². The van der Waals surface area contributed by atoms with Crippen LogP contribution in [0.2, 0.25) is 0 Å². The van der Waals surface area contributed by atoms with Gasteiger partial charge in [0.2, 0.25) is 0 Å². The number of hydrogen-bond donors (Lipinski definition) is 1. The van der Waals surface area contributed by atoms with E-state index in [1.54, 1.807) is 0 Å². The van der Waals surface area contributed by atoms with Gasteiger partial charge in [-0.25, -0.2) is 8.42 Å². The third-order valence-electron chi connectivity index (χ3n) is 1.75. The van der Waals surface area contributed by atoms with Gasteiger partial charge in [0.25, 0.3) is 0 Å². The molecule has 0 amide bonds. The number of rotatable bonds is 3. The molecule has 4 nitrogen and oxygen atoms in total. The van der Waals surface area contributed by atoms with Crippen molar-refractivity contribution in [3.8, 4) is 0 Å². The highest BCUT2D eigenvalue weighted by molar-refractivity contribution is 7.90. The Kier molecular flexibility index (Phi) is 3.03. The zero-order chi connectivity index (χ0) is 10.8. The predicted molar refractivity (Wildman–Crippen MR) is 51.0 cm³/mol. The fraction of sp³-hybridized carbons (Fsp3) is 0.222. The Balaban J connectivity index is 3.07. The molecule has 0 aliphatic rings. The molecule has 1 rings (SSSR count). The molecule has 0 atom stereocenters. The summed E-state index contributed by atoms with van der Waals surface area (Å²) >= 11 is 0. The third-order valence-corrected chi connectivity index (χ3v) is 2.88. The molecular formula is C9H10O4S. The van der Waals surface area contributed by atoms with E-state index < -0.39 is 22.2 Å². The lowest BCUT2D eigenvalue weighted by molar-refractivity contribution is 0.0903. The van der Waals surface area contributed by atoms with Crippen LogP contribution in [0.25, 0.3) is 0 Å². The molecule has 1 N–H and O–H groups in total. The van der Waals surface area contributed by atoms with Crippen molar-refractivity contribution in [2.24, 2.45) is 0 Å². The van der Waals surface area contributed by atoms with Crippen molar-refractivity contribution in [1.29, 1.82) is 0 Å². The monoisotopic (exact) mass is 214 g/mol. The molecule has 14 heavy (non-hydrogen) atoms. The lowest BCUT2D eigenvalue weighted by atomic mass is 10.1. The average Bonchev–Trinajstić information content (AvgIpc) is 2.15. The minimum atomic E-state index is -3.23. The van der Waals surface area contributed by atoms with E-state index in [0.29, 0.717) is 5.56 Å². The summed E-state index contributed by atoms with van der Waals surface area (Å²) < 4.78 is 22.1. The summed E-state index contributed by atoms with van der Waals surface area (Å²) in [7, 11) is -3.23. The third kappa shape index (κ3) is 2.40. The number of aliphatic hydroxyl groups excluding tert-OH is 1. The van der Waals surface area contributed by atoms with Gasteiger partial charge >= 0.3 is 0 Å². The van der Waals surface area contributed by atoms with Gasteiger partial charge in [0.05, 0.1) is 4.90 Å². The summed E-state index contributed by atoms with van der Waals surface area (Å²) in [5.41, 5.74) is 0.305. The molecule has 0 aromatic heterocycles. The molecule has 0 heterocycles. The number of sulfone groups is 1. The lowest BCUT2D eigenvalue weighted by Crippen LogP contribution is -2.05. The van der Waals surface area contributed by atoms with Crippen LogP contribution < -0.4 is 0 Å². The topological polar surface area (TPSA) is 71.4 Å². The molecule has 0 spiro atoms. The van der Waals surface area contributed by atoms with Gasteiger partial charge in [-0.3, -0.25) is 4.79 Å². The first kappa shape index (κ1) is 10.9. The van der Waals surface area contributed by atoms with E-state index in [1.165, 1.54) is 24.3 Å². The summed E-state index contributed by atoms with van der Waals surface area (Å²) in [4.78, 5) is 11.1. The van der Waals surface area contributed by atoms with Crippen molar-refractivity contribution in [1.82, 2.24) is 0 Å². The number of benzene rings is 1. The van der Waals surface area contributed by atoms with E-state index in [1.807, 2.05) is 0 Å². The molecule has 5 heteroatoms. The van der Waals surface area contributed by atoms with Crippen LogP contribution in [0, 0.1) is 0 Å². The Labute approximate surface area is 82.1 Å². The molecule has 0 unspecified atom stereocenters. The second-order valence-electron chi connectivity index (χ2n) is 2.88. The number of carbonyl (C=O) groups is 1. The highest BCUT2D eigenvalue weighted by atomic mass is 32.2. The van der Waals surface area contributed by atoms with Gasteiger partial charge < -0.3 is 5.11 Å². The van der Waals surface area contributed by atoms with Crippen molar-refractivity contribution in [3.63, 3.8) is 0 Å². The molecule has 1 aromatic rings. The van der Waals surface area contributed by atoms with Crippen molar-refractivity contribution in [3.05, 3.63) is 29.8 Å². The van der Waals surface area contributed by atoms with E-state index in [4.69, 9.17) is 5.11 Å². The number of carbonyl (C=O) groups excluding carboxylic acids is 1. The first-order chi connectivity index (χ1) is 6.45. The molecule has 76 valence electrons. The van der Waals surface area contributed by atoms with Gasteiger partial charge in [-0.2, -0.15) is 0 Å².